The van der Waals surface area contributed by atoms with Gasteiger partial charge in [-0.2, -0.15) is 0 Å². The molecule has 0 radical (unpaired) electrons. The molecule has 0 aromatic heterocycles. The van der Waals surface area contributed by atoms with E-state index in [2.05, 4.69) is 52.1 Å². The number of allylic oxidation sites excluding steroid dienone is 3. The van der Waals surface area contributed by atoms with Gasteiger partial charge in [-0.25, -0.2) is 0 Å². The highest BCUT2D eigenvalue weighted by atomic mass is 28.4. The topological polar surface area (TPSA) is 29.5 Å². The molecule has 3 heteroatoms. The average molecular weight is 292 g/mol. The molecule has 20 heavy (non-hydrogen) atoms. The van der Waals surface area contributed by atoms with Crippen LogP contribution in [0.15, 0.2) is 23.8 Å². The lowest BCUT2D eigenvalue weighted by Gasteiger charge is -2.36. The zero-order valence-corrected chi connectivity index (χ0v) is 14.4. The minimum absolute atomic E-state index is 0.230. The molecule has 0 aromatic rings. The Morgan fingerprint density at radius 3 is 2.50 bits per heavy atom. The molecule has 0 amide bonds. The molecule has 1 saturated carbocycles. The number of hydrogen-bond donors (Lipinski definition) is 1. The van der Waals surface area contributed by atoms with Gasteiger partial charge in [0.2, 0.25) is 0 Å². The van der Waals surface area contributed by atoms with Crippen LogP contribution in [-0.4, -0.2) is 26.1 Å². The molecule has 0 heterocycles. The van der Waals surface area contributed by atoms with E-state index < -0.39 is 8.32 Å². The Hall–Kier alpha value is -0.383. The second kappa shape index (κ2) is 4.55. The molecule has 2 bridgehead atoms. The van der Waals surface area contributed by atoms with E-state index in [9.17, 15) is 5.11 Å². The molecular formula is C17H28O2Si. The summed E-state index contributed by atoms with van der Waals surface area (Å²) in [7, 11) is -1.72. The van der Waals surface area contributed by atoms with Crippen LogP contribution in [0.2, 0.25) is 18.1 Å². The van der Waals surface area contributed by atoms with Crippen LogP contribution in [0, 0.1) is 23.7 Å². The van der Waals surface area contributed by atoms with Gasteiger partial charge in [-0.15, -0.1) is 0 Å². The maximum atomic E-state index is 10.6. The third-order valence-electron chi connectivity index (χ3n) is 6.14. The first-order valence-corrected chi connectivity index (χ1v) is 10.8. The maximum absolute atomic E-state index is 10.6. The van der Waals surface area contributed by atoms with E-state index in [1.807, 2.05) is 0 Å². The van der Waals surface area contributed by atoms with Crippen LogP contribution in [0.3, 0.4) is 0 Å². The summed E-state index contributed by atoms with van der Waals surface area (Å²) in [6.07, 6.45) is 7.98. The molecule has 3 aliphatic rings. The lowest BCUT2D eigenvalue weighted by molar-refractivity contribution is 0.114. The molecule has 112 valence electrons. The van der Waals surface area contributed by atoms with Crippen LogP contribution in [0.5, 0.6) is 0 Å². The number of aliphatic hydroxyl groups is 1. The van der Waals surface area contributed by atoms with Crippen molar-refractivity contribution in [2.24, 2.45) is 23.7 Å². The van der Waals surface area contributed by atoms with Crippen LogP contribution < -0.4 is 0 Å². The molecule has 0 saturated heterocycles. The number of fused-ring (bicyclic) bond motifs is 5. The normalized spacial score (nSPS) is 39.3. The molecule has 0 spiro atoms. The number of aliphatic hydroxyl groups excluding tert-OH is 1. The highest BCUT2D eigenvalue weighted by Gasteiger charge is 2.51. The molecule has 1 N–H and O–H groups in total. The monoisotopic (exact) mass is 292 g/mol. The van der Waals surface area contributed by atoms with Crippen LogP contribution in [0.1, 0.15) is 27.2 Å². The van der Waals surface area contributed by atoms with E-state index in [4.69, 9.17) is 4.43 Å². The van der Waals surface area contributed by atoms with Crippen molar-refractivity contribution in [2.45, 2.75) is 51.4 Å². The first kappa shape index (κ1) is 14.5. The zero-order chi connectivity index (χ0) is 14.7. The van der Waals surface area contributed by atoms with Gasteiger partial charge in [0, 0.05) is 5.92 Å². The van der Waals surface area contributed by atoms with Crippen molar-refractivity contribution in [1.82, 2.24) is 0 Å². The molecule has 0 aliphatic heterocycles. The SMILES string of the molecule is CC(C)(C)[Si](C)(C)OCC1=C[C@@H]2[C@H]([C@@H]1O)[C@H]1C=C[C@@H]2C1. The summed E-state index contributed by atoms with van der Waals surface area (Å²) in [5.74, 6) is 2.27. The van der Waals surface area contributed by atoms with Gasteiger partial charge in [0.05, 0.1) is 12.7 Å². The van der Waals surface area contributed by atoms with Gasteiger partial charge < -0.3 is 9.53 Å². The zero-order valence-electron chi connectivity index (χ0n) is 13.4. The van der Waals surface area contributed by atoms with Crippen LogP contribution >= 0.6 is 0 Å². The summed E-state index contributed by atoms with van der Waals surface area (Å²) in [5, 5.41) is 10.8. The second-order valence-corrected chi connectivity index (χ2v) is 13.1. The number of hydrogen-bond acceptors (Lipinski definition) is 2. The Balaban J connectivity index is 1.67. The third kappa shape index (κ3) is 2.15. The molecule has 5 atom stereocenters. The Kier molecular flexibility index (Phi) is 3.31. The van der Waals surface area contributed by atoms with Gasteiger partial charge in [-0.1, -0.05) is 39.0 Å². The fourth-order valence-corrected chi connectivity index (χ4v) is 4.75. The number of rotatable bonds is 3. The molecule has 3 rings (SSSR count). The summed E-state index contributed by atoms with van der Waals surface area (Å²) in [4.78, 5) is 0. The first-order chi connectivity index (χ1) is 9.21. The smallest absolute Gasteiger partial charge is 0.192 e. The molecular weight excluding hydrogens is 264 g/mol. The first-order valence-electron chi connectivity index (χ1n) is 7.92. The van der Waals surface area contributed by atoms with Crippen molar-refractivity contribution in [3.8, 4) is 0 Å². The lowest BCUT2D eigenvalue weighted by atomic mass is 9.84. The largest absolute Gasteiger partial charge is 0.413 e. The third-order valence-corrected chi connectivity index (χ3v) is 10.6. The minimum Gasteiger partial charge on any atom is -0.413 e. The molecule has 0 unspecified atom stereocenters. The standard InChI is InChI=1S/C17H28O2Si/c1-17(2,3)20(4,5)19-10-13-9-14-11-6-7-12(8-11)15(14)16(13)18/h6-7,9,11-12,14-16,18H,8,10H2,1-5H3/t11-,12+,14+,15-,16-/m1/s1. The fourth-order valence-electron chi connectivity index (χ4n) is 3.78. The Morgan fingerprint density at radius 2 is 1.90 bits per heavy atom. The van der Waals surface area contributed by atoms with Crippen molar-refractivity contribution in [2.75, 3.05) is 6.61 Å². The van der Waals surface area contributed by atoms with Gasteiger partial charge in [0.15, 0.2) is 8.32 Å². The molecule has 1 fully saturated rings. The second-order valence-electron chi connectivity index (χ2n) is 8.34. The average Bonchev–Trinajstić information content (AvgIpc) is 2.98. The Bertz CT molecular complexity index is 458. The molecule has 2 nitrogen and oxygen atoms in total. The minimum atomic E-state index is -1.72. The Labute approximate surface area is 124 Å². The Morgan fingerprint density at radius 1 is 1.25 bits per heavy atom. The van der Waals surface area contributed by atoms with Crippen LogP contribution in [0.4, 0.5) is 0 Å². The predicted octanol–water partition coefficient (Wildman–Crippen LogP) is 3.75. The van der Waals surface area contributed by atoms with Gasteiger partial charge in [-0.05, 0) is 47.9 Å². The fraction of sp³-hybridized carbons (Fsp3) is 0.765. The summed E-state index contributed by atoms with van der Waals surface area (Å²) in [5.41, 5.74) is 1.14. The van der Waals surface area contributed by atoms with Crippen LogP contribution in [0.25, 0.3) is 0 Å². The van der Waals surface area contributed by atoms with E-state index in [0.717, 1.165) is 5.57 Å². The van der Waals surface area contributed by atoms with Crippen molar-refractivity contribution in [3.05, 3.63) is 23.8 Å². The van der Waals surface area contributed by atoms with E-state index in [1.165, 1.54) is 6.42 Å². The quantitative estimate of drug-likeness (QED) is 0.634. The summed E-state index contributed by atoms with van der Waals surface area (Å²) in [6.45, 7) is 12.0. The molecule has 3 aliphatic carbocycles. The van der Waals surface area contributed by atoms with Crippen molar-refractivity contribution in [3.63, 3.8) is 0 Å². The van der Waals surface area contributed by atoms with Crippen molar-refractivity contribution in [1.29, 1.82) is 0 Å². The molecule has 0 aromatic carbocycles. The van der Waals surface area contributed by atoms with E-state index in [0.29, 0.717) is 30.3 Å². The summed E-state index contributed by atoms with van der Waals surface area (Å²) in [6, 6.07) is 0. The van der Waals surface area contributed by atoms with Gasteiger partial charge in [0.25, 0.3) is 0 Å². The lowest BCUT2D eigenvalue weighted by Crippen LogP contribution is -2.41. The summed E-state index contributed by atoms with van der Waals surface area (Å²) >= 11 is 0. The van der Waals surface area contributed by atoms with E-state index >= 15 is 0 Å². The summed E-state index contributed by atoms with van der Waals surface area (Å²) < 4.78 is 6.29. The van der Waals surface area contributed by atoms with E-state index in [-0.39, 0.29) is 11.1 Å². The van der Waals surface area contributed by atoms with E-state index in [1.54, 1.807) is 0 Å². The van der Waals surface area contributed by atoms with Gasteiger partial charge in [-0.3, -0.25) is 0 Å². The highest BCUT2D eigenvalue weighted by Crippen LogP contribution is 2.54. The highest BCUT2D eigenvalue weighted by molar-refractivity contribution is 6.74. The van der Waals surface area contributed by atoms with Crippen molar-refractivity contribution >= 4 is 8.32 Å². The predicted molar refractivity (Wildman–Crippen MR) is 85.0 cm³/mol. The van der Waals surface area contributed by atoms with Gasteiger partial charge in [0.1, 0.15) is 0 Å². The maximum Gasteiger partial charge on any atom is 0.192 e. The van der Waals surface area contributed by atoms with Crippen LogP contribution in [-0.2, 0) is 4.43 Å². The van der Waals surface area contributed by atoms with Crippen molar-refractivity contribution < 1.29 is 9.53 Å². The van der Waals surface area contributed by atoms with Gasteiger partial charge >= 0.3 is 0 Å².